The lowest BCUT2D eigenvalue weighted by molar-refractivity contribution is -0.276. The molecule has 0 aliphatic carbocycles. The molecule has 0 aliphatic rings. The fourth-order valence-corrected chi connectivity index (χ4v) is 1.32. The van der Waals surface area contributed by atoms with Gasteiger partial charge in [0, 0.05) is 0 Å². The van der Waals surface area contributed by atoms with Gasteiger partial charge in [-0.25, -0.2) is 4.98 Å². The molecule has 10 heteroatoms. The highest BCUT2D eigenvalue weighted by Crippen LogP contribution is 2.39. The van der Waals surface area contributed by atoms with Gasteiger partial charge in [-0.1, -0.05) is 0 Å². The van der Waals surface area contributed by atoms with E-state index in [0.29, 0.717) is 6.07 Å². The molecule has 1 rings (SSSR count). The van der Waals surface area contributed by atoms with Gasteiger partial charge in [0.2, 0.25) is 0 Å². The van der Waals surface area contributed by atoms with Crippen LogP contribution in [0.2, 0.25) is 0 Å². The topological polar surface area (TPSA) is 39.2 Å². The fourth-order valence-electron chi connectivity index (χ4n) is 1.18. The molecule has 0 radical (unpaired) electrons. The first-order valence-corrected chi connectivity index (χ1v) is 5.00. The Morgan fingerprint density at radius 1 is 1.26 bits per heavy atom. The number of hydrogen-bond acceptors (Lipinski definition) is 3. The lowest BCUT2D eigenvalue weighted by Crippen LogP contribution is -2.22. The Balaban J connectivity index is 3.51. The summed E-state index contributed by atoms with van der Waals surface area (Å²) in [5.74, 6) is -2.19. The minimum Gasteiger partial charge on any atom is -0.403 e. The number of aldehydes is 1. The van der Waals surface area contributed by atoms with E-state index in [4.69, 9.17) is 11.6 Å². The molecule has 3 nitrogen and oxygen atoms in total. The number of carbonyl (C=O) groups excluding carboxylic acids is 1. The third-order valence-corrected chi connectivity index (χ3v) is 2.08. The average molecular weight is 308 g/mol. The number of rotatable bonds is 3. The SMILES string of the molecule is O=Cc1cc(CCl)nc(C(F)(F)F)c1OC(F)(F)F. The molecule has 0 N–H and O–H groups in total. The molecule has 0 aromatic carbocycles. The summed E-state index contributed by atoms with van der Waals surface area (Å²) in [6.45, 7) is 0. The first kappa shape index (κ1) is 15.5. The van der Waals surface area contributed by atoms with Gasteiger partial charge < -0.3 is 4.74 Å². The van der Waals surface area contributed by atoms with E-state index < -0.39 is 41.1 Å². The van der Waals surface area contributed by atoms with Gasteiger partial charge in [0.1, 0.15) is 0 Å². The Morgan fingerprint density at radius 3 is 2.21 bits per heavy atom. The van der Waals surface area contributed by atoms with Crippen molar-refractivity contribution < 1.29 is 35.9 Å². The van der Waals surface area contributed by atoms with Crippen LogP contribution in [0, 0.1) is 0 Å². The second-order valence-corrected chi connectivity index (χ2v) is 3.44. The van der Waals surface area contributed by atoms with Crippen molar-refractivity contribution in [2.24, 2.45) is 0 Å². The van der Waals surface area contributed by atoms with Crippen molar-refractivity contribution in [3.63, 3.8) is 0 Å². The van der Waals surface area contributed by atoms with E-state index >= 15 is 0 Å². The molecule has 0 saturated heterocycles. The van der Waals surface area contributed by atoms with Crippen LogP contribution in [-0.2, 0) is 12.1 Å². The minimum atomic E-state index is -5.39. The van der Waals surface area contributed by atoms with Gasteiger partial charge in [0.25, 0.3) is 0 Å². The van der Waals surface area contributed by atoms with Crippen LogP contribution >= 0.6 is 11.6 Å². The molecule has 0 amide bonds. The van der Waals surface area contributed by atoms with E-state index in [0.717, 1.165) is 0 Å². The number of aromatic nitrogens is 1. The highest BCUT2D eigenvalue weighted by Gasteiger charge is 2.42. The van der Waals surface area contributed by atoms with Gasteiger partial charge in [-0.3, -0.25) is 4.79 Å². The largest absolute Gasteiger partial charge is 0.573 e. The molecule has 19 heavy (non-hydrogen) atoms. The van der Waals surface area contributed by atoms with Crippen molar-refractivity contribution in [1.29, 1.82) is 0 Å². The second kappa shape index (κ2) is 5.24. The molecular formula is C9H4ClF6NO2. The summed E-state index contributed by atoms with van der Waals surface area (Å²) in [5, 5.41) is 0. The minimum absolute atomic E-state index is 0.200. The lowest BCUT2D eigenvalue weighted by Gasteiger charge is -2.16. The Bertz CT molecular complexity index is 485. The van der Waals surface area contributed by atoms with Crippen molar-refractivity contribution in [1.82, 2.24) is 4.98 Å². The summed E-state index contributed by atoms with van der Waals surface area (Å²) in [5.41, 5.74) is -3.29. The zero-order valence-corrected chi connectivity index (χ0v) is 9.53. The Kier molecular flexibility index (Phi) is 4.28. The molecule has 106 valence electrons. The van der Waals surface area contributed by atoms with Gasteiger partial charge in [-0.2, -0.15) is 13.2 Å². The van der Waals surface area contributed by atoms with Crippen molar-refractivity contribution >= 4 is 17.9 Å². The Morgan fingerprint density at radius 2 is 1.84 bits per heavy atom. The smallest absolute Gasteiger partial charge is 0.403 e. The van der Waals surface area contributed by atoms with Gasteiger partial charge >= 0.3 is 12.5 Å². The van der Waals surface area contributed by atoms with Gasteiger partial charge in [-0.15, -0.1) is 24.8 Å². The second-order valence-electron chi connectivity index (χ2n) is 3.18. The molecule has 0 unspecified atom stereocenters. The number of pyridine rings is 1. The van der Waals surface area contributed by atoms with E-state index in [-0.39, 0.29) is 6.29 Å². The van der Waals surface area contributed by atoms with E-state index in [1.165, 1.54) is 0 Å². The first-order chi connectivity index (χ1) is 8.58. The van der Waals surface area contributed by atoms with Crippen LogP contribution in [0.3, 0.4) is 0 Å². The standard InChI is InChI=1S/C9H4ClF6NO2/c10-2-5-1-4(3-18)6(19-9(14,15)16)7(17-5)8(11,12)13/h1,3H,2H2. The van der Waals surface area contributed by atoms with Gasteiger partial charge in [0.05, 0.1) is 17.1 Å². The molecule has 0 fully saturated rings. The molecule has 1 heterocycles. The van der Waals surface area contributed by atoms with Gasteiger partial charge in [-0.05, 0) is 6.07 Å². The molecular weight excluding hydrogens is 304 g/mol. The van der Waals surface area contributed by atoms with Crippen LogP contribution in [0.25, 0.3) is 0 Å². The maximum atomic E-state index is 12.6. The summed E-state index contributed by atoms with van der Waals surface area (Å²) < 4.78 is 77.1. The van der Waals surface area contributed by atoms with E-state index in [9.17, 15) is 31.1 Å². The number of hydrogen-bond donors (Lipinski definition) is 0. The first-order valence-electron chi connectivity index (χ1n) is 4.46. The van der Waals surface area contributed by atoms with Crippen molar-refractivity contribution in [2.75, 3.05) is 0 Å². The molecule has 0 saturated carbocycles. The molecule has 0 spiro atoms. The van der Waals surface area contributed by atoms with Crippen molar-refractivity contribution in [3.8, 4) is 5.75 Å². The number of halogens is 7. The van der Waals surface area contributed by atoms with E-state index in [1.54, 1.807) is 0 Å². The Hall–Kier alpha value is -1.51. The third kappa shape index (κ3) is 3.98. The monoisotopic (exact) mass is 307 g/mol. The lowest BCUT2D eigenvalue weighted by atomic mass is 10.1. The molecule has 1 aromatic rings. The van der Waals surface area contributed by atoms with E-state index in [1.807, 2.05) is 0 Å². The highest BCUT2D eigenvalue weighted by atomic mass is 35.5. The predicted octanol–water partition coefficient (Wildman–Crippen LogP) is 3.55. The van der Waals surface area contributed by atoms with Crippen LogP contribution < -0.4 is 4.74 Å². The summed E-state index contributed by atoms with van der Waals surface area (Å²) in [7, 11) is 0. The summed E-state index contributed by atoms with van der Waals surface area (Å²) >= 11 is 5.25. The normalized spacial score (nSPS) is 12.4. The third-order valence-electron chi connectivity index (χ3n) is 1.80. The average Bonchev–Trinajstić information content (AvgIpc) is 2.25. The quantitative estimate of drug-likeness (QED) is 0.487. The number of nitrogens with zero attached hydrogens (tertiary/aromatic N) is 1. The van der Waals surface area contributed by atoms with Crippen molar-refractivity contribution in [3.05, 3.63) is 23.0 Å². The fraction of sp³-hybridized carbons (Fsp3) is 0.333. The molecule has 0 bridgehead atoms. The zero-order chi connectivity index (χ0) is 14.8. The van der Waals surface area contributed by atoms with Gasteiger partial charge in [0.15, 0.2) is 17.7 Å². The van der Waals surface area contributed by atoms with Crippen LogP contribution in [0.5, 0.6) is 5.75 Å². The number of alkyl halides is 7. The summed E-state index contributed by atoms with van der Waals surface area (Å²) in [4.78, 5) is 13.5. The maximum absolute atomic E-state index is 12.6. The van der Waals surface area contributed by atoms with E-state index in [2.05, 4.69) is 9.72 Å². The number of ether oxygens (including phenoxy) is 1. The molecule has 0 aliphatic heterocycles. The molecule has 0 atom stereocenters. The number of carbonyl (C=O) groups is 1. The van der Waals surface area contributed by atoms with Crippen LogP contribution in [0.15, 0.2) is 6.07 Å². The highest BCUT2D eigenvalue weighted by molar-refractivity contribution is 6.16. The predicted molar refractivity (Wildman–Crippen MR) is 50.9 cm³/mol. The molecule has 1 aromatic heterocycles. The van der Waals surface area contributed by atoms with Crippen LogP contribution in [0.4, 0.5) is 26.3 Å². The summed E-state index contributed by atoms with van der Waals surface area (Å²) in [6.07, 6.45) is -10.8. The van der Waals surface area contributed by atoms with Crippen LogP contribution in [-0.4, -0.2) is 17.6 Å². The maximum Gasteiger partial charge on any atom is 0.573 e. The zero-order valence-electron chi connectivity index (χ0n) is 8.77. The van der Waals surface area contributed by atoms with Crippen molar-refractivity contribution in [2.45, 2.75) is 18.4 Å². The summed E-state index contributed by atoms with van der Waals surface area (Å²) in [6, 6.07) is 0.691. The Labute approximate surface area is 107 Å². The van der Waals surface area contributed by atoms with Crippen LogP contribution in [0.1, 0.15) is 21.7 Å².